The van der Waals surface area contributed by atoms with E-state index in [1.165, 1.54) is 25.1 Å². The van der Waals surface area contributed by atoms with Gasteiger partial charge in [0, 0.05) is 23.1 Å². The van der Waals surface area contributed by atoms with E-state index in [1.54, 1.807) is 0 Å². The van der Waals surface area contributed by atoms with Crippen molar-refractivity contribution in [2.24, 2.45) is 0 Å². The zero-order valence-electron chi connectivity index (χ0n) is 21.9. The van der Waals surface area contributed by atoms with E-state index < -0.39 is 67.6 Å². The molecule has 1 fully saturated rings. The lowest BCUT2D eigenvalue weighted by molar-refractivity contribution is -0.161. The smallest absolute Gasteiger partial charge is 0.435 e. The van der Waals surface area contributed by atoms with Crippen molar-refractivity contribution in [3.63, 3.8) is 0 Å². The third kappa shape index (κ3) is 5.59. The second-order valence-corrected chi connectivity index (χ2v) is 11.8. The van der Waals surface area contributed by atoms with Crippen molar-refractivity contribution in [1.29, 1.82) is 0 Å². The standard InChI is InChI=1S/C26H22F7N3O4S/c1-12-10-17(24(8-9-24)26(31,32)33)19(27)14(3)20(12)40-23-18(13(2)21(35-36-23)25(28,29)30)22(37)34-15-6-5-7-16(11-15)41(4,38)39/h5-7,10-11H,8-9H2,1-4H3,(H,34,37). The van der Waals surface area contributed by atoms with Crippen molar-refractivity contribution >= 4 is 21.4 Å². The van der Waals surface area contributed by atoms with Gasteiger partial charge in [-0.3, -0.25) is 4.79 Å². The monoisotopic (exact) mass is 605 g/mol. The highest BCUT2D eigenvalue weighted by molar-refractivity contribution is 7.90. The van der Waals surface area contributed by atoms with E-state index in [1.807, 2.05) is 0 Å². The molecule has 0 saturated heterocycles. The van der Waals surface area contributed by atoms with Crippen LogP contribution in [0.5, 0.6) is 11.6 Å². The Morgan fingerprint density at radius 3 is 2.17 bits per heavy atom. The Labute approximate surface area is 229 Å². The van der Waals surface area contributed by atoms with E-state index in [-0.39, 0.29) is 40.3 Å². The molecule has 0 unspecified atom stereocenters. The average molecular weight is 606 g/mol. The Morgan fingerprint density at radius 1 is 1.00 bits per heavy atom. The molecule has 0 atom stereocenters. The maximum Gasteiger partial charge on any atom is 0.435 e. The minimum Gasteiger partial charge on any atom is -0.436 e. The zero-order valence-corrected chi connectivity index (χ0v) is 22.7. The van der Waals surface area contributed by atoms with Crippen molar-refractivity contribution < 1.29 is 48.7 Å². The molecule has 1 aliphatic carbocycles. The van der Waals surface area contributed by atoms with E-state index >= 15 is 4.39 Å². The van der Waals surface area contributed by atoms with Crippen LogP contribution in [0.3, 0.4) is 0 Å². The van der Waals surface area contributed by atoms with Crippen molar-refractivity contribution in [3.8, 4) is 11.6 Å². The first-order valence-corrected chi connectivity index (χ1v) is 13.8. The quantitative estimate of drug-likeness (QED) is 0.318. The SMILES string of the molecule is Cc1cc(C2(C(F)(F)F)CC2)c(F)c(C)c1Oc1nnc(C(F)(F)F)c(C)c1C(=O)Nc1cccc(S(C)(=O)=O)c1. The molecule has 0 bridgehead atoms. The molecule has 4 rings (SSSR count). The number of carbonyl (C=O) groups is 1. The number of ether oxygens (including phenoxy) is 1. The summed E-state index contributed by atoms with van der Waals surface area (Å²) in [6, 6.07) is 5.87. The summed E-state index contributed by atoms with van der Waals surface area (Å²) < 4.78 is 127. The highest BCUT2D eigenvalue weighted by atomic mass is 32.2. The molecule has 1 aliphatic rings. The molecule has 1 heterocycles. The largest absolute Gasteiger partial charge is 0.436 e. The Balaban J connectivity index is 1.81. The molecule has 1 N–H and O–H groups in total. The Hall–Kier alpha value is -3.75. The number of nitrogens with one attached hydrogen (secondary N) is 1. The second-order valence-electron chi connectivity index (χ2n) is 9.80. The third-order valence-electron chi connectivity index (χ3n) is 6.83. The lowest BCUT2D eigenvalue weighted by atomic mass is 9.91. The summed E-state index contributed by atoms with van der Waals surface area (Å²) in [5.74, 6) is -3.53. The van der Waals surface area contributed by atoms with Gasteiger partial charge in [0.15, 0.2) is 15.5 Å². The third-order valence-corrected chi connectivity index (χ3v) is 7.94. The van der Waals surface area contributed by atoms with Gasteiger partial charge in [-0.25, -0.2) is 12.8 Å². The van der Waals surface area contributed by atoms with Crippen LogP contribution in [0, 0.1) is 26.6 Å². The molecule has 3 aromatic rings. The highest BCUT2D eigenvalue weighted by Crippen LogP contribution is 2.60. The molecule has 0 radical (unpaired) electrons. The van der Waals surface area contributed by atoms with Crippen LogP contribution in [0.1, 0.15) is 51.1 Å². The number of halogens is 7. The van der Waals surface area contributed by atoms with Gasteiger partial charge in [-0.15, -0.1) is 10.2 Å². The molecular formula is C26H22F7N3O4S. The maximum absolute atomic E-state index is 15.3. The Morgan fingerprint density at radius 2 is 1.63 bits per heavy atom. The fraction of sp³-hybridized carbons (Fsp3) is 0.346. The second kappa shape index (κ2) is 9.96. The molecule has 15 heteroatoms. The molecule has 1 saturated carbocycles. The average Bonchev–Trinajstić information content (AvgIpc) is 3.65. The van der Waals surface area contributed by atoms with Crippen LogP contribution in [-0.2, 0) is 21.4 Å². The number of hydrogen-bond donors (Lipinski definition) is 1. The number of hydrogen-bond acceptors (Lipinski definition) is 6. The van der Waals surface area contributed by atoms with Crippen molar-refractivity contribution in [2.45, 2.75) is 56.3 Å². The van der Waals surface area contributed by atoms with E-state index in [4.69, 9.17) is 4.74 Å². The lowest BCUT2D eigenvalue weighted by Gasteiger charge is -2.23. The first-order valence-electron chi connectivity index (χ1n) is 11.9. The molecule has 2 aromatic carbocycles. The van der Waals surface area contributed by atoms with Gasteiger partial charge in [-0.05, 0) is 69.0 Å². The summed E-state index contributed by atoms with van der Waals surface area (Å²) in [6.45, 7) is 3.38. The van der Waals surface area contributed by atoms with Crippen LogP contribution >= 0.6 is 0 Å². The summed E-state index contributed by atoms with van der Waals surface area (Å²) in [4.78, 5) is 13.1. The van der Waals surface area contributed by atoms with Gasteiger partial charge in [0.2, 0.25) is 0 Å². The maximum atomic E-state index is 15.3. The minimum absolute atomic E-state index is 0.0148. The predicted octanol–water partition coefficient (Wildman–Crippen LogP) is 6.60. The first kappa shape index (κ1) is 30.2. The van der Waals surface area contributed by atoms with Crippen LogP contribution in [0.4, 0.5) is 36.4 Å². The van der Waals surface area contributed by atoms with Gasteiger partial charge in [0.1, 0.15) is 17.1 Å². The molecule has 41 heavy (non-hydrogen) atoms. The zero-order chi connectivity index (χ0) is 30.7. The van der Waals surface area contributed by atoms with Crippen LogP contribution in [0.25, 0.3) is 0 Å². The van der Waals surface area contributed by atoms with Gasteiger partial charge in [-0.2, -0.15) is 26.3 Å². The fourth-order valence-corrected chi connectivity index (χ4v) is 5.15. The van der Waals surface area contributed by atoms with E-state index in [0.29, 0.717) is 0 Å². The minimum atomic E-state index is -5.03. The van der Waals surface area contributed by atoms with Gasteiger partial charge in [0.05, 0.1) is 10.3 Å². The number of anilines is 1. The molecule has 220 valence electrons. The van der Waals surface area contributed by atoms with Gasteiger partial charge < -0.3 is 10.1 Å². The summed E-state index contributed by atoms with van der Waals surface area (Å²) in [5, 5.41) is 8.82. The van der Waals surface area contributed by atoms with Crippen LogP contribution in [0.2, 0.25) is 0 Å². The number of rotatable bonds is 6. The number of alkyl halides is 6. The molecule has 1 aromatic heterocycles. The number of carbonyl (C=O) groups excluding carboxylic acids is 1. The van der Waals surface area contributed by atoms with Crippen LogP contribution < -0.4 is 10.1 Å². The van der Waals surface area contributed by atoms with Gasteiger partial charge >= 0.3 is 12.4 Å². The normalized spacial score (nSPS) is 15.0. The van der Waals surface area contributed by atoms with Crippen molar-refractivity contribution in [3.05, 3.63) is 69.7 Å². The molecule has 0 aliphatic heterocycles. The highest BCUT2D eigenvalue weighted by Gasteiger charge is 2.65. The fourth-order valence-electron chi connectivity index (χ4n) is 4.48. The number of benzene rings is 2. The molecule has 0 spiro atoms. The predicted molar refractivity (Wildman–Crippen MR) is 132 cm³/mol. The van der Waals surface area contributed by atoms with E-state index in [0.717, 1.165) is 32.2 Å². The van der Waals surface area contributed by atoms with Crippen molar-refractivity contribution in [2.75, 3.05) is 11.6 Å². The van der Waals surface area contributed by atoms with Crippen molar-refractivity contribution in [1.82, 2.24) is 10.2 Å². The Bertz CT molecular complexity index is 1660. The van der Waals surface area contributed by atoms with E-state index in [2.05, 4.69) is 15.5 Å². The number of sulfone groups is 1. The van der Waals surface area contributed by atoms with Crippen LogP contribution in [0.15, 0.2) is 35.2 Å². The molecule has 7 nitrogen and oxygen atoms in total. The number of amides is 1. The lowest BCUT2D eigenvalue weighted by Crippen LogP contribution is -2.30. The van der Waals surface area contributed by atoms with E-state index in [9.17, 15) is 39.6 Å². The molecular weight excluding hydrogens is 583 g/mol. The number of aryl methyl sites for hydroxylation is 1. The topological polar surface area (TPSA) is 98.2 Å². The number of aromatic nitrogens is 2. The van der Waals surface area contributed by atoms with Gasteiger partial charge in [-0.1, -0.05) is 6.07 Å². The Kier molecular flexibility index (Phi) is 7.34. The summed E-state index contributed by atoms with van der Waals surface area (Å²) >= 11 is 0. The first-order chi connectivity index (χ1) is 18.8. The summed E-state index contributed by atoms with van der Waals surface area (Å²) in [6.07, 6.45) is -9.43. The summed E-state index contributed by atoms with van der Waals surface area (Å²) in [5.41, 5.74) is -6.35. The van der Waals surface area contributed by atoms with Gasteiger partial charge in [0.25, 0.3) is 11.8 Å². The van der Waals surface area contributed by atoms with Crippen LogP contribution in [-0.4, -0.2) is 37.0 Å². The summed E-state index contributed by atoms with van der Waals surface area (Å²) in [7, 11) is -3.69. The number of nitrogens with zero attached hydrogens (tertiary/aromatic N) is 2. The molecule has 1 amide bonds.